The summed E-state index contributed by atoms with van der Waals surface area (Å²) < 4.78 is 40.5. The van der Waals surface area contributed by atoms with E-state index in [4.69, 9.17) is 9.47 Å². The van der Waals surface area contributed by atoms with Crippen LogP contribution in [-0.2, 0) is 26.1 Å². The fraction of sp³-hybridized carbons (Fsp3) is 0.500. The van der Waals surface area contributed by atoms with Crippen molar-refractivity contribution in [2.24, 2.45) is 0 Å². The van der Waals surface area contributed by atoms with Gasteiger partial charge in [-0.1, -0.05) is 12.1 Å². The molecule has 4 rings (SSSR count). The van der Waals surface area contributed by atoms with E-state index in [-0.39, 0.29) is 35.3 Å². The first-order chi connectivity index (χ1) is 20.3. The van der Waals surface area contributed by atoms with Gasteiger partial charge < -0.3 is 14.6 Å². The molecule has 43 heavy (non-hydrogen) atoms. The van der Waals surface area contributed by atoms with Crippen molar-refractivity contribution in [3.8, 4) is 10.4 Å². The molecular formula is C30H41N5O6S2. The maximum absolute atomic E-state index is 13.6. The summed E-state index contributed by atoms with van der Waals surface area (Å²) in [5.41, 5.74) is 0.648. The molecule has 2 heterocycles. The van der Waals surface area contributed by atoms with Crippen molar-refractivity contribution in [3.63, 3.8) is 0 Å². The summed E-state index contributed by atoms with van der Waals surface area (Å²) >= 11 is 1.47. The first-order valence-electron chi connectivity index (χ1n) is 14.4. The number of ether oxygens (including phenoxy) is 2. The molecule has 0 spiro atoms. The third kappa shape index (κ3) is 9.78. The number of aliphatic hydroxyl groups excluding tert-OH is 1. The number of aliphatic hydroxyl groups is 1. The van der Waals surface area contributed by atoms with E-state index in [2.05, 4.69) is 25.3 Å². The highest BCUT2D eigenvalue weighted by Gasteiger charge is 2.29. The zero-order chi connectivity index (χ0) is 31.2. The maximum atomic E-state index is 13.6. The standard InChI is InChI=1S/C30H41N5O6S2/c1-19(2)41-29(37)33-21-11-9-20(10-12-21)27-32-17-25(42-27)24-14-13-22(16-26(24)43(38,39)35-30(3,4)5)34-28(36)40-18-23-8-6-7-15-31-23/h6-8,13-17,19-21,29,33,35,37H,9-12,18H2,1-5H3,(H,34,36)/t20-,21-,29?. The first-order valence-corrected chi connectivity index (χ1v) is 16.7. The Labute approximate surface area is 257 Å². The highest BCUT2D eigenvalue weighted by Crippen LogP contribution is 2.40. The van der Waals surface area contributed by atoms with E-state index in [1.807, 2.05) is 13.8 Å². The Kier molecular flexibility index (Phi) is 10.9. The number of rotatable bonds is 11. The molecule has 0 radical (unpaired) electrons. The lowest BCUT2D eigenvalue weighted by molar-refractivity contribution is -0.150. The predicted molar refractivity (Wildman–Crippen MR) is 166 cm³/mol. The quantitative estimate of drug-likeness (QED) is 0.205. The fourth-order valence-electron chi connectivity index (χ4n) is 4.87. The summed E-state index contributed by atoms with van der Waals surface area (Å²) in [5, 5.41) is 16.8. The maximum Gasteiger partial charge on any atom is 0.412 e. The Morgan fingerprint density at radius 3 is 2.51 bits per heavy atom. The van der Waals surface area contributed by atoms with Gasteiger partial charge >= 0.3 is 6.09 Å². The summed E-state index contributed by atoms with van der Waals surface area (Å²) in [6.07, 6.45) is 5.04. The molecule has 3 aromatic rings. The molecule has 1 aromatic carbocycles. The van der Waals surface area contributed by atoms with E-state index in [0.717, 1.165) is 35.6 Å². The molecule has 0 bridgehead atoms. The van der Waals surface area contributed by atoms with E-state index in [1.165, 1.54) is 17.4 Å². The lowest BCUT2D eigenvalue weighted by Crippen LogP contribution is -2.42. The largest absolute Gasteiger partial charge is 0.443 e. The van der Waals surface area contributed by atoms with Crippen LogP contribution >= 0.6 is 11.3 Å². The normalized spacial score (nSPS) is 18.4. The molecule has 13 heteroatoms. The summed E-state index contributed by atoms with van der Waals surface area (Å²) in [7, 11) is -3.97. The minimum absolute atomic E-state index is 0.0184. The zero-order valence-electron chi connectivity index (χ0n) is 25.2. The topological polar surface area (TPSA) is 152 Å². The van der Waals surface area contributed by atoms with Gasteiger partial charge in [0.15, 0.2) is 0 Å². The van der Waals surface area contributed by atoms with E-state index in [1.54, 1.807) is 63.5 Å². The third-order valence-electron chi connectivity index (χ3n) is 6.68. The Hall–Kier alpha value is -2.94. The van der Waals surface area contributed by atoms with Crippen LogP contribution in [0.1, 0.15) is 76.9 Å². The van der Waals surface area contributed by atoms with Crippen molar-refractivity contribution in [3.05, 3.63) is 59.5 Å². The van der Waals surface area contributed by atoms with Crippen molar-refractivity contribution >= 4 is 33.1 Å². The lowest BCUT2D eigenvalue weighted by Gasteiger charge is -2.30. The van der Waals surface area contributed by atoms with Crippen LogP contribution in [-0.4, -0.2) is 53.7 Å². The minimum Gasteiger partial charge on any atom is -0.443 e. The molecule has 1 fully saturated rings. The second-order valence-electron chi connectivity index (χ2n) is 11.9. The van der Waals surface area contributed by atoms with Crippen LogP contribution in [0, 0.1) is 0 Å². The summed E-state index contributed by atoms with van der Waals surface area (Å²) in [6, 6.07) is 10.2. The van der Waals surface area contributed by atoms with Crippen LogP contribution in [0.3, 0.4) is 0 Å². The first kappa shape index (κ1) is 33.0. The number of anilines is 1. The van der Waals surface area contributed by atoms with Gasteiger partial charge in [-0.15, -0.1) is 11.3 Å². The number of sulfonamides is 1. The second kappa shape index (κ2) is 14.2. The monoisotopic (exact) mass is 631 g/mol. The molecule has 2 aromatic heterocycles. The lowest BCUT2D eigenvalue weighted by atomic mass is 9.86. The second-order valence-corrected chi connectivity index (χ2v) is 14.6. The molecule has 1 atom stereocenters. The van der Waals surface area contributed by atoms with Crippen molar-refractivity contribution in [2.45, 2.75) is 102 Å². The molecule has 1 unspecified atom stereocenters. The van der Waals surface area contributed by atoms with Gasteiger partial charge in [-0.3, -0.25) is 15.6 Å². The highest BCUT2D eigenvalue weighted by molar-refractivity contribution is 7.89. The number of hydrogen-bond donors (Lipinski definition) is 4. The van der Waals surface area contributed by atoms with E-state index < -0.39 is 28.1 Å². The van der Waals surface area contributed by atoms with Crippen LogP contribution in [0.4, 0.5) is 10.5 Å². The smallest absolute Gasteiger partial charge is 0.412 e. The van der Waals surface area contributed by atoms with Gasteiger partial charge in [-0.25, -0.2) is 22.9 Å². The van der Waals surface area contributed by atoms with Crippen LogP contribution in [0.25, 0.3) is 10.4 Å². The van der Waals surface area contributed by atoms with Crippen molar-refractivity contribution in [1.82, 2.24) is 20.0 Å². The van der Waals surface area contributed by atoms with Gasteiger partial charge in [-0.05, 0) is 84.6 Å². The van der Waals surface area contributed by atoms with Gasteiger partial charge in [0, 0.05) is 41.1 Å². The van der Waals surface area contributed by atoms with Crippen LogP contribution < -0.4 is 15.4 Å². The summed E-state index contributed by atoms with van der Waals surface area (Å²) in [5.74, 6) is 0.238. The average molecular weight is 632 g/mol. The van der Waals surface area contributed by atoms with Gasteiger partial charge in [-0.2, -0.15) is 0 Å². The number of nitrogens with zero attached hydrogens (tertiary/aromatic N) is 2. The van der Waals surface area contributed by atoms with E-state index >= 15 is 0 Å². The van der Waals surface area contributed by atoms with Gasteiger partial charge in [0.1, 0.15) is 6.61 Å². The molecule has 4 N–H and O–H groups in total. The molecule has 1 saturated carbocycles. The Bertz CT molecular complexity index is 1470. The van der Waals surface area contributed by atoms with Crippen LogP contribution in [0.15, 0.2) is 53.7 Å². The molecule has 0 aliphatic heterocycles. The molecule has 0 saturated heterocycles. The van der Waals surface area contributed by atoms with Crippen LogP contribution in [0.5, 0.6) is 0 Å². The molecule has 234 valence electrons. The molecule has 1 aliphatic carbocycles. The average Bonchev–Trinajstić information content (AvgIpc) is 3.41. The van der Waals surface area contributed by atoms with E-state index in [0.29, 0.717) is 11.3 Å². The van der Waals surface area contributed by atoms with E-state index in [9.17, 15) is 18.3 Å². The number of carbonyl (C=O) groups is 1. The number of aromatic nitrogens is 2. The highest BCUT2D eigenvalue weighted by atomic mass is 32.2. The zero-order valence-corrected chi connectivity index (χ0v) is 26.8. The third-order valence-corrected chi connectivity index (χ3v) is 9.67. The summed E-state index contributed by atoms with van der Waals surface area (Å²) in [4.78, 5) is 22.0. The van der Waals surface area contributed by atoms with Crippen molar-refractivity contribution in [2.75, 3.05) is 5.32 Å². The molecular weight excluding hydrogens is 590 g/mol. The summed E-state index contributed by atoms with van der Waals surface area (Å²) in [6.45, 7) is 9.04. The number of pyridine rings is 1. The Morgan fingerprint density at radius 2 is 1.86 bits per heavy atom. The number of amides is 1. The molecule has 1 amide bonds. The predicted octanol–water partition coefficient (Wildman–Crippen LogP) is 5.35. The molecule has 1 aliphatic rings. The number of nitrogens with one attached hydrogen (secondary N) is 3. The van der Waals surface area contributed by atoms with Crippen molar-refractivity contribution in [1.29, 1.82) is 0 Å². The van der Waals surface area contributed by atoms with Gasteiger partial charge in [0.25, 0.3) is 0 Å². The number of thiazole rings is 1. The number of benzene rings is 1. The SMILES string of the molecule is CC(C)OC(O)N[C@H]1CC[C@H](c2ncc(-c3ccc(NC(=O)OCc4ccccn4)cc3S(=O)(=O)NC(C)(C)C)s2)CC1. The Morgan fingerprint density at radius 1 is 1.12 bits per heavy atom. The fourth-order valence-corrected chi connectivity index (χ4v) is 7.72. The van der Waals surface area contributed by atoms with Gasteiger partial charge in [0.05, 0.1) is 26.6 Å². The number of carbonyl (C=O) groups excluding carboxylic acids is 1. The van der Waals surface area contributed by atoms with Crippen molar-refractivity contribution < 1.29 is 27.8 Å². The molecule has 11 nitrogen and oxygen atoms in total. The van der Waals surface area contributed by atoms with Gasteiger partial charge in [0.2, 0.25) is 16.4 Å². The number of hydrogen-bond acceptors (Lipinski definition) is 10. The minimum atomic E-state index is -3.97. The van der Waals surface area contributed by atoms with Crippen LogP contribution in [0.2, 0.25) is 0 Å². The Balaban J connectivity index is 1.50.